The number of hydrogen-bond donors (Lipinski definition) is 2. The zero-order chi connectivity index (χ0) is 25.7. The number of hydrogen-bond acceptors (Lipinski definition) is 5. The van der Waals surface area contributed by atoms with E-state index < -0.39 is 0 Å². The van der Waals surface area contributed by atoms with Crippen LogP contribution in [0.15, 0.2) is 91.4 Å². The highest BCUT2D eigenvalue weighted by Crippen LogP contribution is 2.34. The van der Waals surface area contributed by atoms with Gasteiger partial charge in [0, 0.05) is 38.0 Å². The molecule has 0 saturated carbocycles. The fourth-order valence-electron chi connectivity index (χ4n) is 5.40. The molecule has 1 aliphatic carbocycles. The van der Waals surface area contributed by atoms with Crippen LogP contribution in [-0.2, 0) is 32.6 Å². The SMILES string of the molecule is [O-][n+]1ccc(CNCc2ccc(CN(Cc3nc4ccccc4[nH]3)C3CCCc4cccnc43)cc2)cc1. The van der Waals surface area contributed by atoms with Crippen LogP contribution in [0.2, 0.25) is 0 Å². The van der Waals surface area contributed by atoms with Crippen LogP contribution in [0.3, 0.4) is 0 Å². The summed E-state index contributed by atoms with van der Waals surface area (Å²) in [4.78, 5) is 15.7. The maximum atomic E-state index is 11.2. The molecule has 3 heterocycles. The molecule has 0 bridgehead atoms. The van der Waals surface area contributed by atoms with Crippen LogP contribution in [0.5, 0.6) is 0 Å². The molecular formula is C31H32N6O. The first kappa shape index (κ1) is 24.3. The Kier molecular flexibility index (Phi) is 7.11. The lowest BCUT2D eigenvalue weighted by Gasteiger charge is -2.34. The van der Waals surface area contributed by atoms with Gasteiger partial charge in [0.25, 0.3) is 0 Å². The molecule has 0 amide bonds. The fraction of sp³-hybridized carbons (Fsp3) is 0.258. The number of fused-ring (bicyclic) bond motifs is 2. The number of nitrogens with one attached hydrogen (secondary N) is 2. The first-order valence-electron chi connectivity index (χ1n) is 13.3. The van der Waals surface area contributed by atoms with Crippen molar-refractivity contribution in [3.05, 3.63) is 130 Å². The van der Waals surface area contributed by atoms with Gasteiger partial charge in [0.1, 0.15) is 5.82 Å². The Morgan fingerprint density at radius 2 is 1.66 bits per heavy atom. The Hall–Kier alpha value is -4.07. The van der Waals surface area contributed by atoms with Crippen molar-refractivity contribution in [3.63, 3.8) is 0 Å². The number of aromatic nitrogens is 4. The second-order valence-corrected chi connectivity index (χ2v) is 10.0. The molecule has 38 heavy (non-hydrogen) atoms. The van der Waals surface area contributed by atoms with Gasteiger partial charge in [0.15, 0.2) is 12.4 Å². The molecule has 6 rings (SSSR count). The van der Waals surface area contributed by atoms with Crippen molar-refractivity contribution in [2.75, 3.05) is 0 Å². The highest BCUT2D eigenvalue weighted by Gasteiger charge is 2.28. The van der Waals surface area contributed by atoms with E-state index in [9.17, 15) is 5.21 Å². The highest BCUT2D eigenvalue weighted by atomic mass is 16.5. The quantitative estimate of drug-likeness (QED) is 0.219. The fourth-order valence-corrected chi connectivity index (χ4v) is 5.40. The number of H-pyrrole nitrogens is 1. The smallest absolute Gasteiger partial charge is 0.180 e. The van der Waals surface area contributed by atoms with E-state index in [1.165, 1.54) is 41.2 Å². The Balaban J connectivity index is 1.18. The largest absolute Gasteiger partial charge is 0.619 e. The van der Waals surface area contributed by atoms with E-state index in [0.717, 1.165) is 66.2 Å². The summed E-state index contributed by atoms with van der Waals surface area (Å²) in [6.07, 6.45) is 8.34. The Labute approximate surface area is 222 Å². The third kappa shape index (κ3) is 5.59. The van der Waals surface area contributed by atoms with E-state index in [4.69, 9.17) is 9.97 Å². The highest BCUT2D eigenvalue weighted by molar-refractivity contribution is 5.74. The predicted octanol–water partition coefficient (Wildman–Crippen LogP) is 4.96. The Morgan fingerprint density at radius 3 is 2.47 bits per heavy atom. The molecule has 0 radical (unpaired) electrons. The molecular weight excluding hydrogens is 472 g/mol. The normalized spacial score (nSPS) is 15.1. The van der Waals surface area contributed by atoms with E-state index in [-0.39, 0.29) is 6.04 Å². The van der Waals surface area contributed by atoms with Crippen LogP contribution in [0.25, 0.3) is 11.0 Å². The zero-order valence-electron chi connectivity index (χ0n) is 21.4. The van der Waals surface area contributed by atoms with Crippen LogP contribution in [0.1, 0.15) is 52.7 Å². The zero-order valence-corrected chi connectivity index (χ0v) is 21.4. The Morgan fingerprint density at radius 1 is 0.895 bits per heavy atom. The maximum absolute atomic E-state index is 11.2. The number of para-hydroxylation sites is 2. The average molecular weight is 505 g/mol. The minimum absolute atomic E-state index is 0.258. The number of benzene rings is 2. The second kappa shape index (κ2) is 11.1. The van der Waals surface area contributed by atoms with Crippen LogP contribution >= 0.6 is 0 Å². The minimum atomic E-state index is 0.258. The molecule has 0 aliphatic heterocycles. The summed E-state index contributed by atoms with van der Waals surface area (Å²) in [6.45, 7) is 3.06. The van der Waals surface area contributed by atoms with Gasteiger partial charge < -0.3 is 15.5 Å². The number of pyridine rings is 2. The van der Waals surface area contributed by atoms with Crippen molar-refractivity contribution in [2.24, 2.45) is 0 Å². The van der Waals surface area contributed by atoms with Gasteiger partial charge in [-0.15, -0.1) is 0 Å². The van der Waals surface area contributed by atoms with E-state index in [0.29, 0.717) is 0 Å². The first-order valence-corrected chi connectivity index (χ1v) is 13.3. The molecule has 0 fully saturated rings. The van der Waals surface area contributed by atoms with Gasteiger partial charge >= 0.3 is 0 Å². The topological polar surface area (TPSA) is 83.8 Å². The lowest BCUT2D eigenvalue weighted by Crippen LogP contribution is -2.31. The molecule has 7 nitrogen and oxygen atoms in total. The van der Waals surface area contributed by atoms with Crippen LogP contribution in [0, 0.1) is 5.21 Å². The summed E-state index contributed by atoms with van der Waals surface area (Å²) >= 11 is 0. The monoisotopic (exact) mass is 504 g/mol. The Bertz CT molecular complexity index is 1460. The van der Waals surface area contributed by atoms with Gasteiger partial charge in [-0.2, -0.15) is 4.73 Å². The lowest BCUT2D eigenvalue weighted by molar-refractivity contribution is -0.605. The van der Waals surface area contributed by atoms with E-state index in [1.54, 1.807) is 0 Å². The van der Waals surface area contributed by atoms with Crippen LogP contribution < -0.4 is 10.0 Å². The predicted molar refractivity (Wildman–Crippen MR) is 148 cm³/mol. The van der Waals surface area contributed by atoms with Crippen molar-refractivity contribution < 1.29 is 4.73 Å². The first-order chi connectivity index (χ1) is 18.7. The number of aromatic amines is 1. The van der Waals surface area contributed by atoms with Gasteiger partial charge in [0.2, 0.25) is 0 Å². The van der Waals surface area contributed by atoms with Crippen molar-refractivity contribution in [2.45, 2.75) is 51.5 Å². The summed E-state index contributed by atoms with van der Waals surface area (Å²) in [5, 5.41) is 14.7. The number of rotatable bonds is 9. The average Bonchev–Trinajstić information content (AvgIpc) is 3.37. The molecule has 1 unspecified atom stereocenters. The van der Waals surface area contributed by atoms with Crippen LogP contribution in [0.4, 0.5) is 0 Å². The molecule has 5 aromatic rings. The standard InChI is InChI=1S/C31H32N6O/c38-37-17-14-24(15-18-37)20-32-19-23-10-12-25(13-11-23)21-36(22-30-34-27-7-1-2-8-28(27)35-30)29-9-3-5-26-6-4-16-33-31(26)29/h1-2,4,6-8,10-18,29,32H,3,5,9,19-22H2,(H,34,35). The number of imidazole rings is 1. The summed E-state index contributed by atoms with van der Waals surface area (Å²) in [5.41, 5.74) is 8.25. The molecule has 7 heteroatoms. The van der Waals surface area contributed by atoms with Gasteiger partial charge in [-0.25, -0.2) is 4.98 Å². The molecule has 0 spiro atoms. The van der Waals surface area contributed by atoms with E-state index in [2.05, 4.69) is 63.7 Å². The molecule has 192 valence electrons. The molecule has 0 saturated heterocycles. The molecule has 3 aromatic heterocycles. The molecule has 1 atom stereocenters. The minimum Gasteiger partial charge on any atom is -0.619 e. The van der Waals surface area contributed by atoms with Gasteiger partial charge in [-0.05, 0) is 59.7 Å². The third-order valence-corrected chi connectivity index (χ3v) is 7.34. The van der Waals surface area contributed by atoms with Crippen molar-refractivity contribution in [3.8, 4) is 0 Å². The van der Waals surface area contributed by atoms with E-state index in [1.807, 2.05) is 30.5 Å². The summed E-state index contributed by atoms with van der Waals surface area (Å²) < 4.78 is 0.807. The molecule has 2 aromatic carbocycles. The molecule has 1 aliphatic rings. The third-order valence-electron chi connectivity index (χ3n) is 7.34. The van der Waals surface area contributed by atoms with Gasteiger partial charge in [-0.1, -0.05) is 42.5 Å². The van der Waals surface area contributed by atoms with Crippen molar-refractivity contribution in [1.82, 2.24) is 25.2 Å². The lowest BCUT2D eigenvalue weighted by atomic mass is 9.90. The summed E-state index contributed by atoms with van der Waals surface area (Å²) in [7, 11) is 0. The maximum Gasteiger partial charge on any atom is 0.180 e. The van der Waals surface area contributed by atoms with Crippen molar-refractivity contribution in [1.29, 1.82) is 0 Å². The number of aryl methyl sites for hydroxylation is 1. The van der Waals surface area contributed by atoms with Crippen molar-refractivity contribution >= 4 is 11.0 Å². The second-order valence-electron chi connectivity index (χ2n) is 10.0. The summed E-state index contributed by atoms with van der Waals surface area (Å²) in [5.74, 6) is 0.985. The summed E-state index contributed by atoms with van der Waals surface area (Å²) in [6, 6.07) is 25.3. The number of nitrogens with zero attached hydrogens (tertiary/aromatic N) is 4. The van der Waals surface area contributed by atoms with E-state index >= 15 is 0 Å². The molecule has 2 N–H and O–H groups in total. The van der Waals surface area contributed by atoms with Crippen LogP contribution in [-0.4, -0.2) is 19.9 Å². The van der Waals surface area contributed by atoms with Gasteiger partial charge in [-0.3, -0.25) is 9.88 Å². The van der Waals surface area contributed by atoms with Gasteiger partial charge in [0.05, 0.1) is 29.3 Å².